The van der Waals surface area contributed by atoms with Crippen LogP contribution in [0.25, 0.3) is 22.2 Å². The van der Waals surface area contributed by atoms with Crippen molar-refractivity contribution < 1.29 is 4.79 Å². The number of carbonyl (C=O) groups excluding carboxylic acids is 1. The van der Waals surface area contributed by atoms with E-state index in [9.17, 15) is 9.59 Å². The van der Waals surface area contributed by atoms with Gasteiger partial charge in [-0.15, -0.1) is 0 Å². The van der Waals surface area contributed by atoms with Gasteiger partial charge in [0.25, 0.3) is 11.5 Å². The number of nitrogens with zero attached hydrogens (tertiary/aromatic N) is 7. The summed E-state index contributed by atoms with van der Waals surface area (Å²) in [5.41, 5.74) is 4.44. The van der Waals surface area contributed by atoms with Crippen LogP contribution in [0.2, 0.25) is 0 Å². The van der Waals surface area contributed by atoms with Crippen LogP contribution in [0.1, 0.15) is 51.5 Å². The second-order valence-electron chi connectivity index (χ2n) is 9.79. The molecular formula is C31H26N8O2. The molecule has 10 heteroatoms. The number of fused-ring (bicyclic) bond motifs is 2. The van der Waals surface area contributed by atoms with Crippen molar-refractivity contribution in [2.24, 2.45) is 7.05 Å². The van der Waals surface area contributed by atoms with E-state index in [-0.39, 0.29) is 11.5 Å². The lowest BCUT2D eigenvalue weighted by molar-refractivity contribution is 0.0938. The van der Waals surface area contributed by atoms with Gasteiger partial charge in [-0.3, -0.25) is 18.8 Å². The first kappa shape index (κ1) is 25.7. The molecule has 41 heavy (non-hydrogen) atoms. The maximum absolute atomic E-state index is 14.3. The third-order valence-electron chi connectivity index (χ3n) is 6.86. The fourth-order valence-corrected chi connectivity index (χ4v) is 4.91. The molecule has 10 nitrogen and oxygen atoms in total. The maximum atomic E-state index is 14.3. The smallest absolute Gasteiger partial charge is 0.267 e. The quantitative estimate of drug-likeness (QED) is 0.340. The molecule has 0 spiro atoms. The number of carbonyl (C=O) groups is 1. The van der Waals surface area contributed by atoms with Gasteiger partial charge in [-0.25, -0.2) is 14.5 Å². The predicted molar refractivity (Wildman–Crippen MR) is 155 cm³/mol. The summed E-state index contributed by atoms with van der Waals surface area (Å²) in [4.78, 5) is 37.1. The minimum Gasteiger partial charge on any atom is -0.342 e. The molecule has 0 saturated heterocycles. The largest absolute Gasteiger partial charge is 0.342 e. The summed E-state index contributed by atoms with van der Waals surface area (Å²) in [7, 11) is 1.82. The number of rotatable bonds is 4. The highest BCUT2D eigenvalue weighted by Gasteiger charge is 2.24. The first-order valence-electron chi connectivity index (χ1n) is 13.0. The van der Waals surface area contributed by atoms with Gasteiger partial charge in [0.05, 0.1) is 40.1 Å². The van der Waals surface area contributed by atoms with Gasteiger partial charge in [0.1, 0.15) is 11.4 Å². The lowest BCUT2D eigenvalue weighted by Crippen LogP contribution is -2.34. The number of amides is 1. The Kier molecular flexibility index (Phi) is 6.40. The van der Waals surface area contributed by atoms with Crippen LogP contribution in [0.5, 0.6) is 0 Å². The summed E-state index contributed by atoms with van der Waals surface area (Å²) in [5, 5.41) is 12.0. The highest BCUT2D eigenvalue weighted by molar-refractivity contribution is 6.01. The molecule has 202 valence electrons. The maximum Gasteiger partial charge on any atom is 0.267 e. The van der Waals surface area contributed by atoms with Gasteiger partial charge in [-0.2, -0.15) is 10.2 Å². The number of aromatic nitrogens is 7. The van der Waals surface area contributed by atoms with Crippen molar-refractivity contribution in [3.05, 3.63) is 117 Å². The van der Waals surface area contributed by atoms with Crippen molar-refractivity contribution in [3.8, 4) is 17.5 Å². The zero-order chi connectivity index (χ0) is 28.7. The van der Waals surface area contributed by atoms with Gasteiger partial charge in [-0.05, 0) is 50.6 Å². The molecule has 0 saturated carbocycles. The summed E-state index contributed by atoms with van der Waals surface area (Å²) in [6, 6.07) is 14.1. The van der Waals surface area contributed by atoms with Gasteiger partial charge in [0, 0.05) is 31.2 Å². The van der Waals surface area contributed by atoms with Crippen molar-refractivity contribution in [2.75, 3.05) is 0 Å². The molecule has 6 rings (SSSR count). The van der Waals surface area contributed by atoms with Gasteiger partial charge in [-0.1, -0.05) is 36.1 Å². The molecule has 0 aliphatic heterocycles. The zero-order valence-corrected chi connectivity index (χ0v) is 23.0. The van der Waals surface area contributed by atoms with E-state index in [1.807, 2.05) is 56.6 Å². The molecular weight excluding hydrogens is 516 g/mol. The number of hydrogen-bond donors (Lipinski definition) is 1. The second kappa shape index (κ2) is 10.2. The Balaban J connectivity index is 1.50. The van der Waals surface area contributed by atoms with E-state index in [1.165, 1.54) is 0 Å². The highest BCUT2D eigenvalue weighted by Crippen LogP contribution is 2.23. The molecule has 0 radical (unpaired) electrons. The van der Waals surface area contributed by atoms with Gasteiger partial charge < -0.3 is 5.32 Å². The molecule has 4 aromatic heterocycles. The predicted octanol–water partition coefficient (Wildman–Crippen LogP) is 3.67. The third kappa shape index (κ3) is 4.63. The van der Waals surface area contributed by atoms with E-state index in [1.54, 1.807) is 58.3 Å². The first-order chi connectivity index (χ1) is 19.8. The van der Waals surface area contributed by atoms with Gasteiger partial charge >= 0.3 is 0 Å². The molecule has 1 atom stereocenters. The minimum atomic E-state index is -0.637. The molecule has 1 amide bonds. The van der Waals surface area contributed by atoms with Crippen LogP contribution in [-0.2, 0) is 7.05 Å². The fourth-order valence-electron chi connectivity index (χ4n) is 4.91. The molecule has 0 aliphatic rings. The molecule has 4 heterocycles. The summed E-state index contributed by atoms with van der Waals surface area (Å²) in [6.07, 6.45) is 6.84. The summed E-state index contributed by atoms with van der Waals surface area (Å²) in [5.74, 6) is 6.26. The van der Waals surface area contributed by atoms with Crippen LogP contribution in [0, 0.1) is 25.7 Å². The molecule has 0 unspecified atom stereocenters. The van der Waals surface area contributed by atoms with E-state index in [0.717, 1.165) is 11.1 Å². The fraction of sp³-hybridized carbons (Fsp3) is 0.161. The number of aryl methyl sites for hydroxylation is 3. The van der Waals surface area contributed by atoms with Crippen molar-refractivity contribution in [2.45, 2.75) is 26.8 Å². The van der Waals surface area contributed by atoms with E-state index in [0.29, 0.717) is 44.9 Å². The zero-order valence-electron chi connectivity index (χ0n) is 23.0. The van der Waals surface area contributed by atoms with Gasteiger partial charge in [0.2, 0.25) is 0 Å². The number of nitrogens with one attached hydrogen (secondary N) is 1. The Morgan fingerprint density at radius 1 is 1.05 bits per heavy atom. The SMILES string of the molecule is Cc1ccccc1-n1c([C@@H](C)NC(=O)c2c(C)nn3cccnc23)nc2cccc(C#Cc3cnn(C)c3)c2c1=O. The van der Waals surface area contributed by atoms with E-state index in [2.05, 4.69) is 32.3 Å². The normalized spacial score (nSPS) is 11.8. The molecule has 0 aliphatic carbocycles. The van der Waals surface area contributed by atoms with Crippen LogP contribution in [0.3, 0.4) is 0 Å². The number of para-hydroxylation sites is 1. The first-order valence-corrected chi connectivity index (χ1v) is 13.0. The lowest BCUT2D eigenvalue weighted by atomic mass is 10.1. The summed E-state index contributed by atoms with van der Waals surface area (Å²) in [6.45, 7) is 5.50. The van der Waals surface area contributed by atoms with Crippen molar-refractivity contribution in [3.63, 3.8) is 0 Å². The van der Waals surface area contributed by atoms with Crippen LogP contribution in [0.15, 0.2) is 78.1 Å². The highest BCUT2D eigenvalue weighted by atomic mass is 16.2. The summed E-state index contributed by atoms with van der Waals surface area (Å²) >= 11 is 0. The van der Waals surface area contributed by atoms with Crippen LogP contribution in [-0.4, -0.2) is 39.8 Å². The topological polar surface area (TPSA) is 112 Å². The van der Waals surface area contributed by atoms with Crippen LogP contribution >= 0.6 is 0 Å². The monoisotopic (exact) mass is 542 g/mol. The Morgan fingerprint density at radius 3 is 2.66 bits per heavy atom. The van der Waals surface area contributed by atoms with E-state index in [4.69, 9.17) is 4.98 Å². The Bertz CT molecular complexity index is 2090. The second-order valence-corrected chi connectivity index (χ2v) is 9.79. The Morgan fingerprint density at radius 2 is 1.88 bits per heavy atom. The Labute approximate surface area is 235 Å². The standard InChI is InChI=1S/C31H26N8O2/c1-19-9-5-6-12-25(19)39-28(21(3)34-30(40)26-20(2)36-38-16-8-15-32-29(26)38)35-24-11-7-10-23(27(24)31(39)41)14-13-22-17-33-37(4)18-22/h5-12,15-18,21H,1-4H3,(H,34,40)/t21-/m1/s1. The van der Waals surface area contributed by atoms with E-state index >= 15 is 0 Å². The molecule has 0 bridgehead atoms. The van der Waals surface area contributed by atoms with Crippen LogP contribution < -0.4 is 10.9 Å². The lowest BCUT2D eigenvalue weighted by Gasteiger charge is -2.21. The molecule has 1 N–H and O–H groups in total. The molecule has 2 aromatic carbocycles. The molecule has 6 aromatic rings. The average molecular weight is 543 g/mol. The van der Waals surface area contributed by atoms with Crippen molar-refractivity contribution >= 4 is 22.5 Å². The van der Waals surface area contributed by atoms with Crippen molar-refractivity contribution in [1.29, 1.82) is 0 Å². The third-order valence-corrected chi connectivity index (χ3v) is 6.86. The van der Waals surface area contributed by atoms with Gasteiger partial charge in [0.15, 0.2) is 5.65 Å². The minimum absolute atomic E-state index is 0.273. The average Bonchev–Trinajstić information content (AvgIpc) is 3.53. The summed E-state index contributed by atoms with van der Waals surface area (Å²) < 4.78 is 4.81. The Hall–Kier alpha value is -5.56. The van der Waals surface area contributed by atoms with Crippen molar-refractivity contribution in [1.82, 2.24) is 39.2 Å². The number of hydrogen-bond acceptors (Lipinski definition) is 6. The van der Waals surface area contributed by atoms with E-state index < -0.39 is 6.04 Å². The number of benzene rings is 2. The van der Waals surface area contributed by atoms with Crippen LogP contribution in [0.4, 0.5) is 0 Å². The molecule has 0 fully saturated rings.